The SMILES string of the molecule is CCC(O)COC1C=CC(C(C)(C)C2C=CC(OC)CC2)CC1. The van der Waals surface area contributed by atoms with Crippen molar-refractivity contribution in [1.29, 1.82) is 0 Å². The van der Waals surface area contributed by atoms with E-state index in [4.69, 9.17) is 9.47 Å². The summed E-state index contributed by atoms with van der Waals surface area (Å²) in [5.41, 5.74) is 0.264. The molecule has 0 saturated heterocycles. The van der Waals surface area contributed by atoms with E-state index in [2.05, 4.69) is 38.2 Å². The molecule has 2 rings (SSSR count). The van der Waals surface area contributed by atoms with Gasteiger partial charge in [-0.15, -0.1) is 0 Å². The maximum atomic E-state index is 9.61. The highest BCUT2D eigenvalue weighted by Gasteiger charge is 2.37. The van der Waals surface area contributed by atoms with E-state index < -0.39 is 0 Å². The van der Waals surface area contributed by atoms with Crippen LogP contribution in [0.5, 0.6) is 0 Å². The van der Waals surface area contributed by atoms with E-state index in [0.29, 0.717) is 24.5 Å². The molecule has 2 aliphatic rings. The first-order valence-electron chi connectivity index (χ1n) is 9.16. The van der Waals surface area contributed by atoms with Crippen LogP contribution in [0, 0.1) is 17.3 Å². The van der Waals surface area contributed by atoms with Crippen LogP contribution >= 0.6 is 0 Å². The largest absolute Gasteiger partial charge is 0.391 e. The molecular weight excluding hydrogens is 288 g/mol. The molecule has 0 radical (unpaired) electrons. The van der Waals surface area contributed by atoms with E-state index in [-0.39, 0.29) is 17.6 Å². The highest BCUT2D eigenvalue weighted by Crippen LogP contribution is 2.45. The van der Waals surface area contributed by atoms with Gasteiger partial charge < -0.3 is 14.6 Å². The van der Waals surface area contributed by atoms with Gasteiger partial charge in [-0.3, -0.25) is 0 Å². The fraction of sp³-hybridized carbons (Fsp3) is 0.800. The van der Waals surface area contributed by atoms with Crippen molar-refractivity contribution in [3.8, 4) is 0 Å². The molecule has 2 aliphatic carbocycles. The van der Waals surface area contributed by atoms with Gasteiger partial charge in [-0.05, 0) is 49.4 Å². The minimum absolute atomic E-state index is 0.169. The van der Waals surface area contributed by atoms with Crippen LogP contribution in [0.4, 0.5) is 0 Å². The lowest BCUT2D eigenvalue weighted by molar-refractivity contribution is -0.00274. The van der Waals surface area contributed by atoms with Crippen LogP contribution in [0.2, 0.25) is 0 Å². The number of hydrogen-bond donors (Lipinski definition) is 1. The second-order valence-corrected chi connectivity index (χ2v) is 7.67. The molecule has 3 nitrogen and oxygen atoms in total. The Morgan fingerprint density at radius 1 is 1.00 bits per heavy atom. The van der Waals surface area contributed by atoms with Gasteiger partial charge in [0.2, 0.25) is 0 Å². The molecule has 0 aromatic heterocycles. The number of rotatable bonds is 7. The summed E-state index contributed by atoms with van der Waals surface area (Å²) in [5.74, 6) is 1.20. The normalized spacial score (nSPS) is 32.9. The second-order valence-electron chi connectivity index (χ2n) is 7.67. The summed E-state index contributed by atoms with van der Waals surface area (Å²) in [6.45, 7) is 7.22. The van der Waals surface area contributed by atoms with Gasteiger partial charge in [0.15, 0.2) is 0 Å². The van der Waals surface area contributed by atoms with Crippen molar-refractivity contribution in [2.24, 2.45) is 17.3 Å². The van der Waals surface area contributed by atoms with E-state index in [9.17, 15) is 5.11 Å². The molecule has 1 N–H and O–H groups in total. The number of ether oxygens (including phenoxy) is 2. The van der Waals surface area contributed by atoms with E-state index in [1.54, 1.807) is 7.11 Å². The third-order valence-corrected chi connectivity index (χ3v) is 5.83. The average Bonchev–Trinajstić information content (AvgIpc) is 2.60. The second kappa shape index (κ2) is 8.46. The van der Waals surface area contributed by atoms with Crippen molar-refractivity contribution >= 4 is 0 Å². The van der Waals surface area contributed by atoms with Crippen molar-refractivity contribution in [3.05, 3.63) is 24.3 Å². The van der Waals surface area contributed by atoms with E-state index in [0.717, 1.165) is 25.7 Å². The predicted octanol–water partition coefficient (Wildman–Crippen LogP) is 4.12. The first-order valence-corrected chi connectivity index (χ1v) is 9.16. The third-order valence-electron chi connectivity index (χ3n) is 5.83. The number of aliphatic hydroxyl groups is 1. The topological polar surface area (TPSA) is 38.7 Å². The molecule has 5 atom stereocenters. The van der Waals surface area contributed by atoms with Crippen LogP contribution in [0.3, 0.4) is 0 Å². The number of allylic oxidation sites excluding steroid dienone is 2. The molecule has 0 fully saturated rings. The minimum Gasteiger partial charge on any atom is -0.391 e. The summed E-state index contributed by atoms with van der Waals surface area (Å²) in [5, 5.41) is 9.61. The zero-order valence-corrected chi connectivity index (χ0v) is 15.2. The summed E-state index contributed by atoms with van der Waals surface area (Å²) in [7, 11) is 1.79. The molecular formula is C20H34O3. The number of methoxy groups -OCH3 is 1. The highest BCUT2D eigenvalue weighted by atomic mass is 16.5. The Morgan fingerprint density at radius 3 is 2.00 bits per heavy atom. The molecule has 0 aromatic carbocycles. The lowest BCUT2D eigenvalue weighted by atomic mass is 9.64. The Bertz CT molecular complexity index is 413. The van der Waals surface area contributed by atoms with Crippen molar-refractivity contribution in [3.63, 3.8) is 0 Å². The molecule has 0 bridgehead atoms. The van der Waals surface area contributed by atoms with Crippen molar-refractivity contribution in [2.45, 2.75) is 71.2 Å². The summed E-state index contributed by atoms with van der Waals surface area (Å²) in [4.78, 5) is 0. The summed E-state index contributed by atoms with van der Waals surface area (Å²) in [6, 6.07) is 0. The Hall–Kier alpha value is -0.640. The Morgan fingerprint density at radius 2 is 1.57 bits per heavy atom. The van der Waals surface area contributed by atoms with Crippen LogP contribution in [-0.4, -0.2) is 37.1 Å². The van der Waals surface area contributed by atoms with Gasteiger partial charge in [0.05, 0.1) is 24.9 Å². The van der Waals surface area contributed by atoms with Gasteiger partial charge in [-0.1, -0.05) is 45.1 Å². The van der Waals surface area contributed by atoms with Crippen LogP contribution < -0.4 is 0 Å². The lowest BCUT2D eigenvalue weighted by Gasteiger charge is -2.42. The Balaban J connectivity index is 1.89. The van der Waals surface area contributed by atoms with Crippen LogP contribution in [0.1, 0.15) is 52.9 Å². The zero-order valence-electron chi connectivity index (χ0n) is 15.2. The maximum absolute atomic E-state index is 9.61. The van der Waals surface area contributed by atoms with Crippen LogP contribution in [0.25, 0.3) is 0 Å². The standard InChI is InChI=1S/C20H34O3/c1-5-17(21)14-23-19-12-8-16(9-13-19)20(2,3)15-6-10-18(22-4)11-7-15/h6,8,10,12,15-19,21H,5,7,9,11,13-14H2,1-4H3. The van der Waals surface area contributed by atoms with Gasteiger partial charge in [-0.2, -0.15) is 0 Å². The van der Waals surface area contributed by atoms with E-state index in [1.807, 2.05) is 6.92 Å². The Kier molecular flexibility index (Phi) is 6.87. The van der Waals surface area contributed by atoms with E-state index in [1.165, 1.54) is 6.42 Å². The molecule has 23 heavy (non-hydrogen) atoms. The highest BCUT2D eigenvalue weighted by molar-refractivity contribution is 5.10. The third kappa shape index (κ3) is 4.91. The fourth-order valence-corrected chi connectivity index (χ4v) is 3.79. The monoisotopic (exact) mass is 322 g/mol. The number of hydrogen-bond acceptors (Lipinski definition) is 3. The smallest absolute Gasteiger partial charge is 0.0771 e. The number of aliphatic hydroxyl groups excluding tert-OH is 1. The summed E-state index contributed by atoms with van der Waals surface area (Å²) < 4.78 is 11.2. The van der Waals surface area contributed by atoms with Gasteiger partial charge in [0.25, 0.3) is 0 Å². The minimum atomic E-state index is -0.335. The molecule has 0 spiro atoms. The Labute approximate surface area is 141 Å². The van der Waals surface area contributed by atoms with Crippen LogP contribution in [0.15, 0.2) is 24.3 Å². The molecule has 0 aliphatic heterocycles. The predicted molar refractivity (Wildman–Crippen MR) is 94.3 cm³/mol. The molecule has 132 valence electrons. The summed E-state index contributed by atoms with van der Waals surface area (Å²) in [6.07, 6.45) is 14.6. The summed E-state index contributed by atoms with van der Waals surface area (Å²) >= 11 is 0. The average molecular weight is 322 g/mol. The first kappa shape index (κ1) is 18.7. The lowest BCUT2D eigenvalue weighted by Crippen LogP contribution is -2.35. The fourth-order valence-electron chi connectivity index (χ4n) is 3.79. The molecule has 5 unspecified atom stereocenters. The molecule has 0 heterocycles. The van der Waals surface area contributed by atoms with Gasteiger partial charge in [0, 0.05) is 7.11 Å². The van der Waals surface area contributed by atoms with Crippen molar-refractivity contribution < 1.29 is 14.6 Å². The quantitative estimate of drug-likeness (QED) is 0.717. The zero-order chi connectivity index (χ0) is 16.9. The molecule has 0 aromatic rings. The van der Waals surface area contributed by atoms with Crippen molar-refractivity contribution in [1.82, 2.24) is 0 Å². The maximum Gasteiger partial charge on any atom is 0.0771 e. The first-order chi connectivity index (χ1) is 11.0. The molecule has 0 saturated carbocycles. The van der Waals surface area contributed by atoms with E-state index >= 15 is 0 Å². The van der Waals surface area contributed by atoms with Gasteiger partial charge in [-0.25, -0.2) is 0 Å². The molecule has 0 amide bonds. The van der Waals surface area contributed by atoms with Gasteiger partial charge in [0.1, 0.15) is 0 Å². The van der Waals surface area contributed by atoms with Gasteiger partial charge >= 0.3 is 0 Å². The van der Waals surface area contributed by atoms with Crippen LogP contribution in [-0.2, 0) is 9.47 Å². The van der Waals surface area contributed by atoms with Crippen molar-refractivity contribution in [2.75, 3.05) is 13.7 Å². The molecule has 3 heteroatoms.